The van der Waals surface area contributed by atoms with Crippen molar-refractivity contribution in [1.29, 1.82) is 0 Å². The van der Waals surface area contributed by atoms with Gasteiger partial charge in [0.25, 0.3) is 0 Å². The number of phenolic OH excluding ortho intramolecular Hbond substituents is 1. The van der Waals surface area contributed by atoms with E-state index in [1.807, 2.05) is 37.3 Å². The third kappa shape index (κ3) is 2.19. The molecule has 1 saturated heterocycles. The summed E-state index contributed by atoms with van der Waals surface area (Å²) in [5.41, 5.74) is 3.63. The van der Waals surface area contributed by atoms with Crippen molar-refractivity contribution in [2.24, 2.45) is 5.92 Å². The van der Waals surface area contributed by atoms with E-state index in [1.54, 1.807) is 12.1 Å². The molecule has 6 rings (SSSR count). The van der Waals surface area contributed by atoms with Crippen molar-refractivity contribution in [3.8, 4) is 11.5 Å². The van der Waals surface area contributed by atoms with Gasteiger partial charge in [0.05, 0.1) is 5.56 Å². The first-order valence-electron chi connectivity index (χ1n) is 10.7. The molecular formula is C25H25NO4. The van der Waals surface area contributed by atoms with Crippen LogP contribution in [0.15, 0.2) is 48.2 Å². The fourth-order valence-corrected chi connectivity index (χ4v) is 6.38. The van der Waals surface area contributed by atoms with E-state index in [2.05, 4.69) is 11.9 Å². The fraction of sp³-hybridized carbons (Fsp3) is 0.400. The maximum Gasteiger partial charge on any atom is 0.343 e. The lowest BCUT2D eigenvalue weighted by atomic mass is 9.53. The molecule has 30 heavy (non-hydrogen) atoms. The maximum atomic E-state index is 13.0. The molecule has 0 amide bonds. The number of likely N-dealkylation sites (tertiary alicyclic amines) is 1. The summed E-state index contributed by atoms with van der Waals surface area (Å²) >= 11 is 0. The molecule has 1 N–H and O–H groups in total. The molecule has 2 bridgehead atoms. The summed E-state index contributed by atoms with van der Waals surface area (Å²) in [6.45, 7) is 2.88. The second kappa shape index (κ2) is 6.11. The number of allylic oxidation sites excluding steroid dienone is 1. The zero-order valence-corrected chi connectivity index (χ0v) is 17.2. The van der Waals surface area contributed by atoms with Gasteiger partial charge in [0.1, 0.15) is 5.76 Å². The molecular weight excluding hydrogens is 378 g/mol. The minimum Gasteiger partial charge on any atom is -0.504 e. The molecule has 2 unspecified atom stereocenters. The number of aromatic hydroxyl groups is 1. The number of carbonyl (C=O) groups excluding carboxylic acids is 1. The first-order valence-corrected chi connectivity index (χ1v) is 10.7. The van der Waals surface area contributed by atoms with Crippen molar-refractivity contribution in [2.75, 3.05) is 13.6 Å². The zero-order chi connectivity index (χ0) is 20.6. The molecule has 1 spiro atoms. The smallest absolute Gasteiger partial charge is 0.343 e. The number of phenols is 1. The Labute approximate surface area is 175 Å². The highest BCUT2D eigenvalue weighted by Crippen LogP contribution is 2.63. The number of aryl methyl sites for hydroxylation is 1. The molecule has 154 valence electrons. The predicted molar refractivity (Wildman–Crippen MR) is 112 cm³/mol. The van der Waals surface area contributed by atoms with E-state index >= 15 is 0 Å². The summed E-state index contributed by atoms with van der Waals surface area (Å²) in [5, 5.41) is 10.6. The quantitative estimate of drug-likeness (QED) is 0.775. The Balaban J connectivity index is 1.45. The number of hydrogen-bond acceptors (Lipinski definition) is 5. The van der Waals surface area contributed by atoms with Crippen LogP contribution in [-0.4, -0.2) is 41.7 Å². The van der Waals surface area contributed by atoms with Crippen LogP contribution < -0.4 is 4.74 Å². The average Bonchev–Trinajstić information content (AvgIpc) is 3.09. The monoisotopic (exact) mass is 403 g/mol. The second-order valence-corrected chi connectivity index (χ2v) is 9.14. The average molecular weight is 403 g/mol. The third-order valence-corrected chi connectivity index (χ3v) is 7.80. The van der Waals surface area contributed by atoms with E-state index in [-0.39, 0.29) is 23.2 Å². The van der Waals surface area contributed by atoms with Crippen molar-refractivity contribution in [1.82, 2.24) is 4.90 Å². The van der Waals surface area contributed by atoms with Crippen LogP contribution >= 0.6 is 0 Å². The Kier molecular flexibility index (Phi) is 3.67. The van der Waals surface area contributed by atoms with Gasteiger partial charge in [-0.3, -0.25) is 0 Å². The van der Waals surface area contributed by atoms with Gasteiger partial charge in [-0.2, -0.15) is 0 Å². The van der Waals surface area contributed by atoms with E-state index in [9.17, 15) is 9.90 Å². The SMILES string of the molecule is Cc1ccccc1C(=O)OC1=CCC2[C@H]3Cc4ccc(O)c5c4[C@@]2(CCN3C)C1O5. The standard InChI is InChI=1S/C25H25NO4/c1-14-5-3-4-6-16(14)24(28)29-20-10-8-17-18-13-15-7-9-19(27)22-21(15)25(17,23(20)30-22)11-12-26(18)2/h3-7,9-10,17-18,23,27H,8,11-13H2,1-2H3/t17?,18-,23?,25+/m1/s1. The van der Waals surface area contributed by atoms with Gasteiger partial charge in [0.15, 0.2) is 17.6 Å². The minimum atomic E-state index is -0.372. The van der Waals surface area contributed by atoms with Gasteiger partial charge in [-0.1, -0.05) is 24.3 Å². The lowest BCUT2D eigenvalue weighted by Gasteiger charge is -2.56. The molecule has 2 aromatic rings. The van der Waals surface area contributed by atoms with E-state index in [0.29, 0.717) is 29.0 Å². The van der Waals surface area contributed by atoms with Crippen LogP contribution in [0, 0.1) is 12.8 Å². The van der Waals surface area contributed by atoms with E-state index in [0.717, 1.165) is 36.9 Å². The number of carbonyl (C=O) groups is 1. The predicted octanol–water partition coefficient (Wildman–Crippen LogP) is 3.72. The Morgan fingerprint density at radius 2 is 2.10 bits per heavy atom. The first-order chi connectivity index (χ1) is 14.5. The second-order valence-electron chi connectivity index (χ2n) is 9.14. The molecule has 2 aliphatic heterocycles. The summed E-state index contributed by atoms with van der Waals surface area (Å²) in [6.07, 6.45) is 4.41. The summed E-state index contributed by atoms with van der Waals surface area (Å²) in [5.74, 6) is 1.39. The highest BCUT2D eigenvalue weighted by molar-refractivity contribution is 5.91. The number of ether oxygens (including phenoxy) is 2. The Hall–Kier alpha value is -2.79. The van der Waals surface area contributed by atoms with Crippen LogP contribution in [-0.2, 0) is 16.6 Å². The molecule has 0 aromatic heterocycles. The molecule has 5 nitrogen and oxygen atoms in total. The van der Waals surface area contributed by atoms with Crippen LogP contribution in [0.3, 0.4) is 0 Å². The Morgan fingerprint density at radius 1 is 1.27 bits per heavy atom. The van der Waals surface area contributed by atoms with Crippen LogP contribution in [0.25, 0.3) is 0 Å². The van der Waals surface area contributed by atoms with Crippen molar-refractivity contribution >= 4 is 5.97 Å². The molecule has 1 fully saturated rings. The molecule has 4 aliphatic rings. The molecule has 2 heterocycles. The minimum absolute atomic E-state index is 0.179. The summed E-state index contributed by atoms with van der Waals surface area (Å²) in [4.78, 5) is 15.4. The number of likely N-dealkylation sites (N-methyl/N-ethyl adjacent to an activating group) is 1. The van der Waals surface area contributed by atoms with Gasteiger partial charge in [0, 0.05) is 17.0 Å². The number of hydrogen-bond donors (Lipinski definition) is 1. The van der Waals surface area contributed by atoms with Crippen LogP contribution in [0.2, 0.25) is 0 Å². The number of nitrogens with zero attached hydrogens (tertiary/aromatic N) is 1. The number of esters is 1. The first kappa shape index (κ1) is 18.0. The van der Waals surface area contributed by atoms with Gasteiger partial charge in [-0.25, -0.2) is 4.79 Å². The number of benzene rings is 2. The molecule has 0 radical (unpaired) electrons. The van der Waals surface area contributed by atoms with E-state index in [1.165, 1.54) is 5.56 Å². The van der Waals surface area contributed by atoms with Gasteiger partial charge >= 0.3 is 5.97 Å². The van der Waals surface area contributed by atoms with Gasteiger partial charge in [-0.05, 0) is 75.0 Å². The van der Waals surface area contributed by atoms with E-state index < -0.39 is 0 Å². The van der Waals surface area contributed by atoms with Crippen molar-refractivity contribution in [3.05, 3.63) is 70.5 Å². The highest BCUT2D eigenvalue weighted by Gasteiger charge is 2.64. The van der Waals surface area contributed by atoms with Gasteiger partial charge in [-0.15, -0.1) is 0 Å². The molecule has 5 heteroatoms. The van der Waals surface area contributed by atoms with Gasteiger partial charge < -0.3 is 19.5 Å². The zero-order valence-electron chi connectivity index (χ0n) is 17.2. The molecule has 0 saturated carbocycles. The lowest BCUT2D eigenvalue weighted by Crippen LogP contribution is -2.63. The van der Waals surface area contributed by atoms with Crippen LogP contribution in [0.5, 0.6) is 11.5 Å². The summed E-state index contributed by atoms with van der Waals surface area (Å²) in [7, 11) is 2.20. The van der Waals surface area contributed by atoms with E-state index in [4.69, 9.17) is 9.47 Å². The third-order valence-electron chi connectivity index (χ3n) is 7.80. The number of rotatable bonds is 2. The number of piperidine rings is 1. The summed E-state index contributed by atoms with van der Waals surface area (Å²) in [6, 6.07) is 11.7. The van der Waals surface area contributed by atoms with Crippen LogP contribution in [0.1, 0.15) is 39.9 Å². The Morgan fingerprint density at radius 3 is 2.93 bits per heavy atom. The topological polar surface area (TPSA) is 59.0 Å². The summed E-state index contributed by atoms with van der Waals surface area (Å²) < 4.78 is 12.4. The van der Waals surface area contributed by atoms with Gasteiger partial charge in [0.2, 0.25) is 0 Å². The normalized spacial score (nSPS) is 30.9. The van der Waals surface area contributed by atoms with Crippen molar-refractivity contribution in [3.63, 3.8) is 0 Å². The molecule has 2 aromatic carbocycles. The van der Waals surface area contributed by atoms with Crippen LogP contribution in [0.4, 0.5) is 0 Å². The Bertz CT molecular complexity index is 1110. The largest absolute Gasteiger partial charge is 0.504 e. The van der Waals surface area contributed by atoms with Crippen molar-refractivity contribution < 1.29 is 19.4 Å². The molecule has 4 atom stereocenters. The highest BCUT2D eigenvalue weighted by atomic mass is 16.6. The lowest BCUT2D eigenvalue weighted by molar-refractivity contribution is -0.0272. The maximum absolute atomic E-state index is 13.0. The van der Waals surface area contributed by atoms with Crippen molar-refractivity contribution in [2.45, 2.75) is 43.7 Å². The fourth-order valence-electron chi connectivity index (χ4n) is 6.38. The molecule has 2 aliphatic carbocycles.